The minimum absolute atomic E-state index is 1.15. The fourth-order valence-corrected chi connectivity index (χ4v) is 1.16. The minimum atomic E-state index is 1.15. The van der Waals surface area contributed by atoms with E-state index in [4.69, 9.17) is 0 Å². The molecule has 0 rings (SSSR count). The maximum absolute atomic E-state index is 3.80. The molecule has 0 aromatic rings. The van der Waals surface area contributed by atoms with Gasteiger partial charge in [0.2, 0.25) is 0 Å². The van der Waals surface area contributed by atoms with Crippen molar-refractivity contribution < 1.29 is 0 Å². The van der Waals surface area contributed by atoms with Crippen LogP contribution in [0.15, 0.2) is 36.5 Å². The molecule has 68 valence electrons. The highest BCUT2D eigenvalue weighted by atomic mass is 14.0. The number of hydrogen-bond donors (Lipinski definition) is 0. The summed E-state index contributed by atoms with van der Waals surface area (Å²) in [6.45, 7) is 11.9. The van der Waals surface area contributed by atoms with Crippen LogP contribution in [-0.2, 0) is 0 Å². The number of allylic oxidation sites excluding steroid dienone is 4. The summed E-state index contributed by atoms with van der Waals surface area (Å²) in [5.41, 5.74) is 2.61. The van der Waals surface area contributed by atoms with Gasteiger partial charge >= 0.3 is 0 Å². The van der Waals surface area contributed by atoms with Crippen LogP contribution < -0.4 is 0 Å². The first-order chi connectivity index (χ1) is 5.76. The number of rotatable bonds is 6. The molecule has 0 spiro atoms. The molecule has 0 bridgehead atoms. The van der Waals surface area contributed by atoms with E-state index in [1.54, 1.807) is 0 Å². The molecule has 0 fully saturated rings. The lowest BCUT2D eigenvalue weighted by Gasteiger charge is -2.03. The zero-order chi connectivity index (χ0) is 9.40. The van der Waals surface area contributed by atoms with E-state index in [1.165, 1.54) is 30.4 Å². The van der Waals surface area contributed by atoms with Gasteiger partial charge in [0.05, 0.1) is 0 Å². The SMILES string of the molecule is C=C/C(C)=C(\C=C)CCCCC. The predicted molar refractivity (Wildman–Crippen MR) is 57.2 cm³/mol. The van der Waals surface area contributed by atoms with Crippen molar-refractivity contribution in [2.45, 2.75) is 39.5 Å². The van der Waals surface area contributed by atoms with Gasteiger partial charge in [-0.2, -0.15) is 0 Å². The first kappa shape index (κ1) is 11.2. The van der Waals surface area contributed by atoms with Crippen LogP contribution in [0.2, 0.25) is 0 Å². The highest BCUT2D eigenvalue weighted by molar-refractivity contribution is 5.29. The van der Waals surface area contributed by atoms with Crippen LogP contribution >= 0.6 is 0 Å². The monoisotopic (exact) mass is 164 g/mol. The molecule has 0 aliphatic carbocycles. The van der Waals surface area contributed by atoms with Crippen LogP contribution in [-0.4, -0.2) is 0 Å². The highest BCUT2D eigenvalue weighted by Crippen LogP contribution is 2.14. The van der Waals surface area contributed by atoms with Crippen LogP contribution in [0.3, 0.4) is 0 Å². The van der Waals surface area contributed by atoms with Crippen molar-refractivity contribution in [2.75, 3.05) is 0 Å². The molecule has 0 atom stereocenters. The van der Waals surface area contributed by atoms with Crippen LogP contribution in [0, 0.1) is 0 Å². The van der Waals surface area contributed by atoms with E-state index < -0.39 is 0 Å². The Kier molecular flexibility index (Phi) is 6.45. The van der Waals surface area contributed by atoms with Gasteiger partial charge in [0.15, 0.2) is 0 Å². The summed E-state index contributed by atoms with van der Waals surface area (Å²) in [7, 11) is 0. The van der Waals surface area contributed by atoms with E-state index in [9.17, 15) is 0 Å². The van der Waals surface area contributed by atoms with Crippen molar-refractivity contribution >= 4 is 0 Å². The number of hydrogen-bond acceptors (Lipinski definition) is 0. The normalized spacial score (nSPS) is 12.2. The molecule has 0 saturated carbocycles. The molecule has 0 N–H and O–H groups in total. The van der Waals surface area contributed by atoms with E-state index in [1.807, 2.05) is 12.2 Å². The first-order valence-electron chi connectivity index (χ1n) is 4.70. The maximum Gasteiger partial charge on any atom is -0.0276 e. The van der Waals surface area contributed by atoms with Gasteiger partial charge in [0.1, 0.15) is 0 Å². The smallest absolute Gasteiger partial charge is 0.0276 e. The fourth-order valence-electron chi connectivity index (χ4n) is 1.16. The third kappa shape index (κ3) is 4.17. The first-order valence-corrected chi connectivity index (χ1v) is 4.70. The van der Waals surface area contributed by atoms with E-state index in [0.717, 1.165) is 6.42 Å². The molecule has 0 heterocycles. The largest absolute Gasteiger partial charge is 0.0988 e. The molecule has 0 aliphatic heterocycles. The van der Waals surface area contributed by atoms with Crippen molar-refractivity contribution in [3.05, 3.63) is 36.5 Å². The van der Waals surface area contributed by atoms with E-state index >= 15 is 0 Å². The second kappa shape index (κ2) is 6.90. The van der Waals surface area contributed by atoms with E-state index in [0.29, 0.717) is 0 Å². The summed E-state index contributed by atoms with van der Waals surface area (Å²) in [5, 5.41) is 0. The molecular formula is C12H20. The van der Waals surface area contributed by atoms with Crippen LogP contribution in [0.4, 0.5) is 0 Å². The molecule has 0 aliphatic rings. The van der Waals surface area contributed by atoms with Gasteiger partial charge in [-0.05, 0) is 30.9 Å². The van der Waals surface area contributed by atoms with Crippen molar-refractivity contribution in [3.8, 4) is 0 Å². The average Bonchev–Trinajstić information content (AvgIpc) is 2.11. The summed E-state index contributed by atoms with van der Waals surface area (Å²) < 4.78 is 0. The summed E-state index contributed by atoms with van der Waals surface area (Å²) in [5.74, 6) is 0. The minimum Gasteiger partial charge on any atom is -0.0988 e. The zero-order valence-electron chi connectivity index (χ0n) is 8.40. The third-order valence-corrected chi connectivity index (χ3v) is 2.11. The van der Waals surface area contributed by atoms with Crippen LogP contribution in [0.1, 0.15) is 39.5 Å². The van der Waals surface area contributed by atoms with Gasteiger partial charge in [-0.3, -0.25) is 0 Å². The quantitative estimate of drug-likeness (QED) is 0.406. The Morgan fingerprint density at radius 3 is 2.25 bits per heavy atom. The Bertz CT molecular complexity index is 172. The standard InChI is InChI=1S/C12H20/c1-5-8-9-10-12(7-3)11(4)6-2/h6-7H,2-3,5,8-10H2,1,4H3/b12-11+. The van der Waals surface area contributed by atoms with Gasteiger partial charge in [-0.1, -0.05) is 45.1 Å². The van der Waals surface area contributed by atoms with Crippen LogP contribution in [0.5, 0.6) is 0 Å². The Labute approximate surface area is 76.7 Å². The summed E-state index contributed by atoms with van der Waals surface area (Å²) in [4.78, 5) is 0. The summed E-state index contributed by atoms with van der Waals surface area (Å²) >= 11 is 0. The van der Waals surface area contributed by atoms with Crippen molar-refractivity contribution in [1.82, 2.24) is 0 Å². The van der Waals surface area contributed by atoms with Crippen molar-refractivity contribution in [2.24, 2.45) is 0 Å². The topological polar surface area (TPSA) is 0 Å². The summed E-state index contributed by atoms with van der Waals surface area (Å²) in [6.07, 6.45) is 8.85. The maximum atomic E-state index is 3.80. The third-order valence-electron chi connectivity index (χ3n) is 2.11. The lowest BCUT2D eigenvalue weighted by atomic mass is 10.0. The molecule has 0 saturated heterocycles. The lowest BCUT2D eigenvalue weighted by Crippen LogP contribution is -1.83. The second-order valence-corrected chi connectivity index (χ2v) is 3.07. The fraction of sp³-hybridized carbons (Fsp3) is 0.500. The summed E-state index contributed by atoms with van der Waals surface area (Å²) in [6, 6.07) is 0. The highest BCUT2D eigenvalue weighted by Gasteiger charge is 1.94. The predicted octanol–water partition coefficient (Wildman–Crippen LogP) is 4.26. The van der Waals surface area contributed by atoms with Gasteiger partial charge in [-0.15, -0.1) is 0 Å². The Balaban J connectivity index is 3.99. The Morgan fingerprint density at radius 1 is 1.17 bits per heavy atom. The van der Waals surface area contributed by atoms with E-state index in [2.05, 4.69) is 27.0 Å². The molecule has 0 aromatic carbocycles. The van der Waals surface area contributed by atoms with Gasteiger partial charge in [0, 0.05) is 0 Å². The second-order valence-electron chi connectivity index (χ2n) is 3.07. The van der Waals surface area contributed by atoms with Crippen molar-refractivity contribution in [1.29, 1.82) is 0 Å². The molecular weight excluding hydrogens is 144 g/mol. The molecule has 0 aromatic heterocycles. The van der Waals surface area contributed by atoms with Gasteiger partial charge in [0.25, 0.3) is 0 Å². The average molecular weight is 164 g/mol. The van der Waals surface area contributed by atoms with Gasteiger partial charge < -0.3 is 0 Å². The molecule has 0 radical (unpaired) electrons. The van der Waals surface area contributed by atoms with Crippen molar-refractivity contribution in [3.63, 3.8) is 0 Å². The molecule has 0 unspecified atom stereocenters. The number of unbranched alkanes of at least 4 members (excludes halogenated alkanes) is 2. The Morgan fingerprint density at radius 2 is 1.83 bits per heavy atom. The van der Waals surface area contributed by atoms with E-state index in [-0.39, 0.29) is 0 Å². The molecule has 12 heavy (non-hydrogen) atoms. The Hall–Kier alpha value is -0.780. The van der Waals surface area contributed by atoms with Crippen LogP contribution in [0.25, 0.3) is 0 Å². The molecule has 0 amide bonds. The van der Waals surface area contributed by atoms with Gasteiger partial charge in [-0.25, -0.2) is 0 Å². The molecule has 0 nitrogen and oxygen atoms in total. The molecule has 0 heteroatoms. The lowest BCUT2D eigenvalue weighted by molar-refractivity contribution is 0.717. The zero-order valence-corrected chi connectivity index (χ0v) is 8.40.